The Hall–Kier alpha value is -4.15. The van der Waals surface area contributed by atoms with Crippen molar-refractivity contribution in [3.8, 4) is 28.6 Å². The summed E-state index contributed by atoms with van der Waals surface area (Å²) in [5.74, 6) is 0.695. The number of aromatic nitrogens is 4. The first kappa shape index (κ1) is 25.0. The largest absolute Gasteiger partial charge is 0.508 e. The molecule has 11 heteroatoms. The van der Waals surface area contributed by atoms with Gasteiger partial charge >= 0.3 is 0 Å². The Morgan fingerprint density at radius 3 is 2.58 bits per heavy atom. The summed E-state index contributed by atoms with van der Waals surface area (Å²) >= 11 is 0. The van der Waals surface area contributed by atoms with Crippen molar-refractivity contribution in [3.05, 3.63) is 42.5 Å². The van der Waals surface area contributed by atoms with Crippen LogP contribution in [0.3, 0.4) is 0 Å². The number of nitrogens with one attached hydrogen (secondary N) is 1. The van der Waals surface area contributed by atoms with Crippen LogP contribution in [0.5, 0.6) is 17.2 Å². The second-order valence-corrected chi connectivity index (χ2v) is 8.66. The maximum Gasteiger partial charge on any atom is 0.251 e. The summed E-state index contributed by atoms with van der Waals surface area (Å²) < 4.78 is 10.6. The zero-order valence-corrected chi connectivity index (χ0v) is 20.5. The summed E-state index contributed by atoms with van der Waals surface area (Å²) in [6, 6.07) is 10.8. The number of carbonyl (C=O) groups excluding carboxylic acids is 2. The number of nitrogens with zero attached hydrogens (tertiary/aromatic N) is 5. The lowest BCUT2D eigenvalue weighted by Crippen LogP contribution is -2.51. The second-order valence-electron chi connectivity index (χ2n) is 8.66. The van der Waals surface area contributed by atoms with Crippen LogP contribution in [0.1, 0.15) is 32.6 Å². The van der Waals surface area contributed by atoms with Gasteiger partial charge in [0.25, 0.3) is 5.91 Å². The van der Waals surface area contributed by atoms with E-state index < -0.39 is 11.9 Å². The number of hydrogen-bond donors (Lipinski definition) is 2. The molecule has 0 radical (unpaired) electrons. The summed E-state index contributed by atoms with van der Waals surface area (Å²) in [5, 5.41) is 25.4. The van der Waals surface area contributed by atoms with Crippen LogP contribution in [-0.2, 0) is 16.1 Å². The number of hydrogen-bond acceptors (Lipinski definition) is 8. The highest BCUT2D eigenvalue weighted by Gasteiger charge is 2.30. The van der Waals surface area contributed by atoms with Crippen LogP contribution in [0.25, 0.3) is 11.4 Å². The van der Waals surface area contributed by atoms with Crippen LogP contribution in [0.15, 0.2) is 42.5 Å². The van der Waals surface area contributed by atoms with Gasteiger partial charge < -0.3 is 19.9 Å². The number of carbonyl (C=O) groups is 2. The van der Waals surface area contributed by atoms with Crippen molar-refractivity contribution in [1.29, 1.82) is 0 Å². The molecule has 2 N–H and O–H groups in total. The summed E-state index contributed by atoms with van der Waals surface area (Å²) in [4.78, 5) is 29.0. The molecule has 1 aromatic heterocycles. The van der Waals surface area contributed by atoms with Crippen LogP contribution in [-0.4, -0.2) is 63.4 Å². The molecule has 1 fully saturated rings. The molecular formula is C25H30N6O5. The van der Waals surface area contributed by atoms with Crippen molar-refractivity contribution in [2.24, 2.45) is 0 Å². The van der Waals surface area contributed by atoms with Gasteiger partial charge in [-0.3, -0.25) is 14.5 Å². The van der Waals surface area contributed by atoms with Crippen molar-refractivity contribution >= 4 is 17.5 Å². The third kappa shape index (κ3) is 5.56. The summed E-state index contributed by atoms with van der Waals surface area (Å²) in [6.07, 6.45) is 4.02. The molecule has 36 heavy (non-hydrogen) atoms. The van der Waals surface area contributed by atoms with Crippen LogP contribution >= 0.6 is 0 Å². The quantitative estimate of drug-likeness (QED) is 0.464. The maximum absolute atomic E-state index is 13.4. The van der Waals surface area contributed by atoms with E-state index >= 15 is 0 Å². The van der Waals surface area contributed by atoms with E-state index in [9.17, 15) is 14.7 Å². The number of methoxy groups -OCH3 is 2. The lowest BCUT2D eigenvalue weighted by atomic mass is 10.1. The Bertz CT molecular complexity index is 1220. The molecule has 190 valence electrons. The summed E-state index contributed by atoms with van der Waals surface area (Å²) in [5.41, 5.74) is 1.04. The molecule has 1 atom stereocenters. The van der Waals surface area contributed by atoms with E-state index in [1.807, 2.05) is 0 Å². The van der Waals surface area contributed by atoms with Crippen LogP contribution < -0.4 is 19.7 Å². The fraction of sp³-hybridized carbons (Fsp3) is 0.400. The molecule has 4 rings (SSSR count). The SMILES string of the molecule is COc1ccc(-c2nnn(CC(=O)N(c3cccc(O)c3)[C@@H](C)C(=O)NC3CCCC3)n2)cc1OC. The van der Waals surface area contributed by atoms with Crippen molar-refractivity contribution < 1.29 is 24.2 Å². The fourth-order valence-electron chi connectivity index (χ4n) is 4.33. The Labute approximate surface area is 209 Å². The first-order valence-electron chi connectivity index (χ1n) is 11.8. The van der Waals surface area contributed by atoms with E-state index in [1.54, 1.807) is 44.4 Å². The van der Waals surface area contributed by atoms with E-state index in [1.165, 1.54) is 28.9 Å². The molecule has 1 aliphatic carbocycles. The number of rotatable bonds is 9. The second kappa shape index (κ2) is 11.1. The zero-order chi connectivity index (χ0) is 25.7. The van der Waals surface area contributed by atoms with Gasteiger partial charge in [0.1, 0.15) is 18.3 Å². The summed E-state index contributed by atoms with van der Waals surface area (Å²) in [6.45, 7) is 1.41. The lowest BCUT2D eigenvalue weighted by molar-refractivity contribution is -0.127. The number of phenols is 1. The minimum absolute atomic E-state index is 0.0108. The van der Waals surface area contributed by atoms with E-state index in [2.05, 4.69) is 20.7 Å². The number of ether oxygens (including phenoxy) is 2. The third-order valence-electron chi connectivity index (χ3n) is 6.22. The molecule has 2 amide bonds. The van der Waals surface area contributed by atoms with E-state index in [0.717, 1.165) is 25.7 Å². The highest BCUT2D eigenvalue weighted by molar-refractivity contribution is 6.00. The normalized spacial score (nSPS) is 14.3. The van der Waals surface area contributed by atoms with Gasteiger partial charge in [-0.15, -0.1) is 10.2 Å². The van der Waals surface area contributed by atoms with Crippen LogP contribution in [0, 0.1) is 0 Å². The first-order chi connectivity index (χ1) is 17.4. The predicted molar refractivity (Wildman–Crippen MR) is 132 cm³/mol. The van der Waals surface area contributed by atoms with Gasteiger partial charge in [-0.25, -0.2) is 0 Å². The summed E-state index contributed by atoms with van der Waals surface area (Å²) in [7, 11) is 3.08. The molecule has 0 saturated heterocycles. The average Bonchev–Trinajstić information content (AvgIpc) is 3.56. The molecule has 1 saturated carbocycles. The van der Waals surface area contributed by atoms with Crippen molar-refractivity contribution in [3.63, 3.8) is 0 Å². The van der Waals surface area contributed by atoms with Gasteiger partial charge in [0, 0.05) is 23.4 Å². The maximum atomic E-state index is 13.4. The van der Waals surface area contributed by atoms with Crippen molar-refractivity contribution in [2.45, 2.75) is 51.2 Å². The Balaban J connectivity index is 1.55. The van der Waals surface area contributed by atoms with E-state index in [4.69, 9.17) is 9.47 Å². The molecule has 3 aromatic rings. The Kier molecular flexibility index (Phi) is 7.67. The minimum Gasteiger partial charge on any atom is -0.508 e. The molecule has 11 nitrogen and oxygen atoms in total. The highest BCUT2D eigenvalue weighted by Crippen LogP contribution is 2.31. The van der Waals surface area contributed by atoms with Gasteiger partial charge in [-0.1, -0.05) is 18.9 Å². The first-order valence-corrected chi connectivity index (χ1v) is 11.8. The highest BCUT2D eigenvalue weighted by atomic mass is 16.5. The molecule has 1 aliphatic rings. The van der Waals surface area contributed by atoms with Gasteiger partial charge in [-0.05, 0) is 55.3 Å². The van der Waals surface area contributed by atoms with Crippen LogP contribution in [0.2, 0.25) is 0 Å². The van der Waals surface area contributed by atoms with Gasteiger partial charge in [0.2, 0.25) is 11.7 Å². The van der Waals surface area contributed by atoms with Gasteiger partial charge in [0.15, 0.2) is 11.5 Å². The van der Waals surface area contributed by atoms with Crippen molar-refractivity contribution in [2.75, 3.05) is 19.1 Å². The molecule has 0 aliphatic heterocycles. The Morgan fingerprint density at radius 1 is 1.14 bits per heavy atom. The average molecular weight is 495 g/mol. The number of benzene rings is 2. The molecule has 0 bridgehead atoms. The molecule has 0 spiro atoms. The number of amides is 2. The smallest absolute Gasteiger partial charge is 0.251 e. The predicted octanol–water partition coefficient (Wildman–Crippen LogP) is 2.54. The number of aromatic hydroxyl groups is 1. The fourth-order valence-corrected chi connectivity index (χ4v) is 4.33. The van der Waals surface area contributed by atoms with E-state index in [-0.39, 0.29) is 24.2 Å². The number of tetrazole rings is 1. The molecular weight excluding hydrogens is 464 g/mol. The zero-order valence-electron chi connectivity index (χ0n) is 20.5. The number of phenolic OH excluding ortho intramolecular Hbond substituents is 1. The van der Waals surface area contributed by atoms with Crippen LogP contribution in [0.4, 0.5) is 5.69 Å². The Morgan fingerprint density at radius 2 is 1.89 bits per heavy atom. The molecule has 0 unspecified atom stereocenters. The topological polar surface area (TPSA) is 132 Å². The van der Waals surface area contributed by atoms with Crippen molar-refractivity contribution in [1.82, 2.24) is 25.5 Å². The van der Waals surface area contributed by atoms with Gasteiger partial charge in [-0.2, -0.15) is 4.80 Å². The standard InChI is InChI=1S/C25H30N6O5/c1-16(25(34)26-18-7-4-5-8-18)31(19-9-6-10-20(32)14-19)23(33)15-30-28-24(27-29-30)17-11-12-21(35-2)22(13-17)36-3/h6,9-14,16,18,32H,4-5,7-8,15H2,1-3H3,(H,26,34)/t16-/m0/s1. The minimum atomic E-state index is -0.811. The monoisotopic (exact) mass is 494 g/mol. The van der Waals surface area contributed by atoms with E-state index in [0.29, 0.717) is 28.6 Å². The lowest BCUT2D eigenvalue weighted by Gasteiger charge is -2.29. The molecule has 2 aromatic carbocycles. The molecule has 1 heterocycles. The third-order valence-corrected chi connectivity index (χ3v) is 6.22. The number of anilines is 1. The van der Waals surface area contributed by atoms with Gasteiger partial charge in [0.05, 0.1) is 14.2 Å².